The molecule has 1 aromatic carbocycles. The van der Waals surface area contributed by atoms with Gasteiger partial charge < -0.3 is 10.6 Å². The van der Waals surface area contributed by atoms with E-state index >= 15 is 0 Å². The number of carbonyl (C=O) groups is 2. The minimum absolute atomic E-state index is 0.0380. The summed E-state index contributed by atoms with van der Waals surface area (Å²) in [4.78, 5) is 28.7. The standard InChI is InChI=1S/C15H16N4O2S/c1-8(2)16-12(20)7-11-14(21)19-13(17-11)9-5-3-4-6-10(9)18-15(19)22/h3-6,8,11,17H,7H2,1-2H3,(H,16,20)/t11-/m1/s1. The molecule has 1 amide bonds. The molecule has 114 valence electrons. The molecule has 2 aromatic rings. The fraction of sp³-hybridized carbons (Fsp3) is 0.333. The predicted molar refractivity (Wildman–Crippen MR) is 86.5 cm³/mol. The van der Waals surface area contributed by atoms with E-state index in [1.54, 1.807) is 0 Å². The normalized spacial score (nSPS) is 16.7. The third kappa shape index (κ3) is 2.48. The van der Waals surface area contributed by atoms with Crippen LogP contribution in [0.3, 0.4) is 0 Å². The number of anilines is 1. The maximum absolute atomic E-state index is 12.5. The Labute approximate surface area is 132 Å². The van der Waals surface area contributed by atoms with E-state index in [-0.39, 0.29) is 29.0 Å². The number of rotatable bonds is 3. The van der Waals surface area contributed by atoms with Crippen LogP contribution in [-0.2, 0) is 4.79 Å². The molecular formula is C15H16N4O2S. The topological polar surface area (TPSA) is 76.0 Å². The lowest BCUT2D eigenvalue weighted by atomic mass is 10.2. The predicted octanol–water partition coefficient (Wildman–Crippen LogP) is 2.11. The molecular weight excluding hydrogens is 300 g/mol. The zero-order chi connectivity index (χ0) is 15.9. The molecule has 0 radical (unpaired) electrons. The molecule has 7 heteroatoms. The van der Waals surface area contributed by atoms with Crippen LogP contribution in [0.15, 0.2) is 24.3 Å². The number of para-hydroxylation sites is 1. The molecule has 1 aromatic heterocycles. The number of aromatic nitrogens is 2. The molecule has 0 bridgehead atoms. The quantitative estimate of drug-likeness (QED) is 0.848. The Morgan fingerprint density at radius 3 is 2.91 bits per heavy atom. The average Bonchev–Trinajstić information content (AvgIpc) is 2.76. The molecule has 1 atom stereocenters. The van der Waals surface area contributed by atoms with E-state index in [2.05, 4.69) is 15.6 Å². The van der Waals surface area contributed by atoms with Crippen molar-refractivity contribution in [1.82, 2.24) is 14.9 Å². The Hall–Kier alpha value is -2.28. The van der Waals surface area contributed by atoms with Gasteiger partial charge in [-0.05, 0) is 38.2 Å². The molecule has 0 aliphatic carbocycles. The van der Waals surface area contributed by atoms with E-state index in [9.17, 15) is 9.59 Å². The number of benzene rings is 1. The van der Waals surface area contributed by atoms with Crippen molar-refractivity contribution in [2.45, 2.75) is 32.4 Å². The molecule has 6 nitrogen and oxygen atoms in total. The second kappa shape index (κ2) is 5.49. The number of hydrogen-bond acceptors (Lipinski definition) is 5. The monoisotopic (exact) mass is 316 g/mol. The number of hydrogen-bond donors (Lipinski definition) is 2. The number of amides is 1. The highest BCUT2D eigenvalue weighted by Crippen LogP contribution is 2.28. The molecule has 22 heavy (non-hydrogen) atoms. The van der Waals surface area contributed by atoms with Gasteiger partial charge >= 0.3 is 0 Å². The third-order valence-electron chi connectivity index (χ3n) is 3.46. The fourth-order valence-electron chi connectivity index (χ4n) is 2.57. The summed E-state index contributed by atoms with van der Waals surface area (Å²) in [5, 5.41) is 6.72. The average molecular weight is 316 g/mol. The Balaban J connectivity index is 1.97. The Morgan fingerprint density at radius 2 is 2.18 bits per heavy atom. The van der Waals surface area contributed by atoms with Crippen molar-refractivity contribution in [3.05, 3.63) is 29.0 Å². The fourth-order valence-corrected chi connectivity index (χ4v) is 2.85. The van der Waals surface area contributed by atoms with E-state index < -0.39 is 6.04 Å². The van der Waals surface area contributed by atoms with Crippen LogP contribution in [0, 0.1) is 4.77 Å². The molecule has 0 spiro atoms. The van der Waals surface area contributed by atoms with Gasteiger partial charge in [0.25, 0.3) is 5.91 Å². The highest BCUT2D eigenvalue weighted by atomic mass is 32.1. The van der Waals surface area contributed by atoms with Crippen LogP contribution in [0.1, 0.15) is 25.1 Å². The van der Waals surface area contributed by atoms with Gasteiger partial charge in [0.1, 0.15) is 11.9 Å². The Kier molecular flexibility index (Phi) is 3.66. The summed E-state index contributed by atoms with van der Waals surface area (Å²) in [7, 11) is 0. The van der Waals surface area contributed by atoms with Crippen molar-refractivity contribution < 1.29 is 9.59 Å². The van der Waals surface area contributed by atoms with Crippen LogP contribution >= 0.6 is 12.2 Å². The lowest BCUT2D eigenvalue weighted by Crippen LogP contribution is -2.36. The molecule has 0 saturated heterocycles. The van der Waals surface area contributed by atoms with Crippen molar-refractivity contribution in [3.8, 4) is 0 Å². The van der Waals surface area contributed by atoms with Crippen LogP contribution in [-0.4, -0.2) is 33.4 Å². The van der Waals surface area contributed by atoms with Gasteiger partial charge in [-0.1, -0.05) is 12.1 Å². The van der Waals surface area contributed by atoms with Gasteiger partial charge in [-0.15, -0.1) is 0 Å². The van der Waals surface area contributed by atoms with E-state index in [1.165, 1.54) is 4.57 Å². The van der Waals surface area contributed by atoms with Crippen molar-refractivity contribution in [3.63, 3.8) is 0 Å². The molecule has 3 rings (SSSR count). The van der Waals surface area contributed by atoms with Crippen LogP contribution in [0.5, 0.6) is 0 Å². The van der Waals surface area contributed by atoms with Crippen LogP contribution in [0.2, 0.25) is 0 Å². The van der Waals surface area contributed by atoms with Gasteiger partial charge in [-0.3, -0.25) is 9.59 Å². The highest BCUT2D eigenvalue weighted by molar-refractivity contribution is 7.71. The zero-order valence-corrected chi connectivity index (χ0v) is 13.1. The van der Waals surface area contributed by atoms with Crippen LogP contribution in [0.25, 0.3) is 10.9 Å². The van der Waals surface area contributed by atoms with Crippen molar-refractivity contribution in [1.29, 1.82) is 0 Å². The largest absolute Gasteiger partial charge is 0.358 e. The summed E-state index contributed by atoms with van der Waals surface area (Å²) in [6.07, 6.45) is 0.0712. The maximum atomic E-state index is 12.5. The van der Waals surface area contributed by atoms with E-state index in [0.29, 0.717) is 5.82 Å². The van der Waals surface area contributed by atoms with E-state index in [4.69, 9.17) is 12.2 Å². The number of nitrogens with one attached hydrogen (secondary N) is 2. The number of carbonyl (C=O) groups excluding carboxylic acids is 2. The van der Waals surface area contributed by atoms with Crippen molar-refractivity contribution >= 4 is 40.8 Å². The van der Waals surface area contributed by atoms with Crippen LogP contribution < -0.4 is 10.6 Å². The molecule has 1 aliphatic heterocycles. The Bertz CT molecular complexity index is 828. The van der Waals surface area contributed by atoms with Gasteiger partial charge in [-0.25, -0.2) is 9.55 Å². The molecule has 1 aliphatic rings. The molecule has 0 fully saturated rings. The lowest BCUT2D eigenvalue weighted by Gasteiger charge is -2.11. The zero-order valence-electron chi connectivity index (χ0n) is 12.3. The van der Waals surface area contributed by atoms with Gasteiger partial charge in [0.15, 0.2) is 0 Å². The van der Waals surface area contributed by atoms with Gasteiger partial charge in [0.05, 0.1) is 11.9 Å². The lowest BCUT2D eigenvalue weighted by molar-refractivity contribution is -0.121. The highest BCUT2D eigenvalue weighted by Gasteiger charge is 2.33. The summed E-state index contributed by atoms with van der Waals surface area (Å²) >= 11 is 5.21. The summed E-state index contributed by atoms with van der Waals surface area (Å²) < 4.78 is 1.59. The first-order valence-electron chi connectivity index (χ1n) is 7.09. The Morgan fingerprint density at radius 1 is 1.45 bits per heavy atom. The second-order valence-corrected chi connectivity index (χ2v) is 5.92. The minimum atomic E-state index is -0.618. The van der Waals surface area contributed by atoms with Crippen molar-refractivity contribution in [2.24, 2.45) is 0 Å². The van der Waals surface area contributed by atoms with Crippen LogP contribution in [0.4, 0.5) is 5.82 Å². The van der Waals surface area contributed by atoms with Gasteiger partial charge in [-0.2, -0.15) is 0 Å². The summed E-state index contributed by atoms with van der Waals surface area (Å²) in [5.41, 5.74) is 0.728. The summed E-state index contributed by atoms with van der Waals surface area (Å²) in [5.74, 6) is 0.206. The van der Waals surface area contributed by atoms with Gasteiger partial charge in [0.2, 0.25) is 10.7 Å². The summed E-state index contributed by atoms with van der Waals surface area (Å²) in [6.45, 7) is 3.76. The smallest absolute Gasteiger partial charge is 0.257 e. The second-order valence-electron chi connectivity index (χ2n) is 5.56. The first-order chi connectivity index (χ1) is 10.5. The number of nitrogens with zero attached hydrogens (tertiary/aromatic N) is 2. The van der Waals surface area contributed by atoms with Crippen molar-refractivity contribution in [2.75, 3.05) is 5.32 Å². The molecule has 2 heterocycles. The SMILES string of the molecule is CC(C)NC(=O)C[C@H]1Nc2c3ccccc3nc(=S)n2C1=O. The third-order valence-corrected chi connectivity index (χ3v) is 3.73. The maximum Gasteiger partial charge on any atom is 0.257 e. The first-order valence-corrected chi connectivity index (χ1v) is 7.50. The minimum Gasteiger partial charge on any atom is -0.358 e. The summed E-state index contributed by atoms with van der Waals surface area (Å²) in [6, 6.07) is 6.88. The molecule has 2 N–H and O–H groups in total. The number of fused-ring (bicyclic) bond motifs is 3. The van der Waals surface area contributed by atoms with E-state index in [1.807, 2.05) is 38.1 Å². The van der Waals surface area contributed by atoms with Gasteiger partial charge in [0, 0.05) is 11.4 Å². The first kappa shape index (κ1) is 14.6. The molecule has 0 unspecified atom stereocenters. The van der Waals surface area contributed by atoms with E-state index in [0.717, 1.165) is 10.9 Å². The molecule has 0 saturated carbocycles.